The zero-order valence-corrected chi connectivity index (χ0v) is 10.9. The highest BCUT2D eigenvalue weighted by Crippen LogP contribution is 2.14. The van der Waals surface area contributed by atoms with Crippen LogP contribution in [0.25, 0.3) is 0 Å². The lowest BCUT2D eigenvalue weighted by Gasteiger charge is -2.19. The average molecular weight is 270 g/mol. The van der Waals surface area contributed by atoms with Crippen molar-refractivity contribution in [3.8, 4) is 6.19 Å². The van der Waals surface area contributed by atoms with E-state index in [1.165, 1.54) is 0 Å². The lowest BCUT2D eigenvalue weighted by atomic mass is 10.1. The molecule has 5 N–H and O–H groups in total. The van der Waals surface area contributed by atoms with Gasteiger partial charge in [0.1, 0.15) is 0 Å². The Labute approximate surface area is 111 Å². The van der Waals surface area contributed by atoms with Crippen LogP contribution in [0, 0.1) is 11.5 Å². The van der Waals surface area contributed by atoms with Gasteiger partial charge in [0.2, 0.25) is 11.9 Å². The van der Waals surface area contributed by atoms with Gasteiger partial charge in [-0.1, -0.05) is 0 Å². The fourth-order valence-electron chi connectivity index (χ4n) is 1.55. The highest BCUT2D eigenvalue weighted by molar-refractivity contribution is 7.99. The average Bonchev–Trinajstić information content (AvgIpc) is 2.87. The maximum absolute atomic E-state index is 11.8. The number of amides is 1. The van der Waals surface area contributed by atoms with E-state index in [1.807, 2.05) is 0 Å². The molecule has 1 fully saturated rings. The Hall–Kier alpha value is -1.46. The molecule has 0 spiro atoms. The SMILES string of the molecule is N#CNC(N)=NCCCC(N)C(=O)N1CCSC1. The molecule has 7 nitrogen and oxygen atoms in total. The summed E-state index contributed by atoms with van der Waals surface area (Å²) in [6.07, 6.45) is 2.92. The summed E-state index contributed by atoms with van der Waals surface area (Å²) in [5.41, 5.74) is 11.2. The number of nitrogens with one attached hydrogen (secondary N) is 1. The Balaban J connectivity index is 2.20. The molecule has 0 aromatic heterocycles. The summed E-state index contributed by atoms with van der Waals surface area (Å²) >= 11 is 1.74. The molecular formula is C10H18N6OS. The number of carbonyl (C=O) groups excluding carboxylic acids is 1. The van der Waals surface area contributed by atoms with Crippen LogP contribution in [-0.2, 0) is 4.79 Å². The standard InChI is InChI=1S/C10H18N6OS/c11-6-15-10(13)14-3-1-2-8(12)9(17)16-4-5-18-7-16/h8H,1-5,7,12H2,(H3,13,14,15). The van der Waals surface area contributed by atoms with Crippen molar-refractivity contribution in [1.29, 1.82) is 5.26 Å². The van der Waals surface area contributed by atoms with Gasteiger partial charge in [-0.25, -0.2) is 0 Å². The third kappa shape index (κ3) is 4.81. The van der Waals surface area contributed by atoms with Crippen LogP contribution in [0.3, 0.4) is 0 Å². The minimum atomic E-state index is -0.468. The second-order valence-corrected chi connectivity index (χ2v) is 4.97. The van der Waals surface area contributed by atoms with Crippen LogP contribution in [0.15, 0.2) is 4.99 Å². The fraction of sp³-hybridized carbons (Fsp3) is 0.700. The van der Waals surface area contributed by atoms with E-state index in [-0.39, 0.29) is 11.9 Å². The Kier molecular flexibility index (Phi) is 6.32. The number of aliphatic imine (C=N–C) groups is 1. The Bertz CT molecular complexity index is 347. The van der Waals surface area contributed by atoms with E-state index >= 15 is 0 Å². The molecule has 1 amide bonds. The number of guanidine groups is 1. The molecule has 0 aromatic rings. The second kappa shape index (κ2) is 7.79. The molecule has 0 aromatic carbocycles. The predicted octanol–water partition coefficient (Wildman–Crippen LogP) is -0.988. The number of nitrogens with zero attached hydrogens (tertiary/aromatic N) is 3. The summed E-state index contributed by atoms with van der Waals surface area (Å²) in [5, 5.41) is 10.5. The van der Waals surface area contributed by atoms with Crippen molar-refractivity contribution in [3.05, 3.63) is 0 Å². The van der Waals surface area contributed by atoms with E-state index in [9.17, 15) is 4.79 Å². The van der Waals surface area contributed by atoms with Gasteiger partial charge in [0.15, 0.2) is 6.19 Å². The van der Waals surface area contributed by atoms with Gasteiger partial charge in [0, 0.05) is 18.8 Å². The molecule has 1 saturated heterocycles. The number of thioether (sulfide) groups is 1. The fourth-order valence-corrected chi connectivity index (χ4v) is 2.51. The van der Waals surface area contributed by atoms with Crippen molar-refractivity contribution in [2.24, 2.45) is 16.5 Å². The molecule has 8 heteroatoms. The molecule has 0 bridgehead atoms. The van der Waals surface area contributed by atoms with Gasteiger partial charge in [0.25, 0.3) is 0 Å². The molecule has 1 unspecified atom stereocenters. The topological polar surface area (TPSA) is 121 Å². The highest BCUT2D eigenvalue weighted by Gasteiger charge is 2.23. The molecule has 0 aliphatic carbocycles. The van der Waals surface area contributed by atoms with E-state index in [4.69, 9.17) is 16.7 Å². The van der Waals surface area contributed by atoms with Crippen LogP contribution in [0.2, 0.25) is 0 Å². The summed E-state index contributed by atoms with van der Waals surface area (Å²) in [4.78, 5) is 17.5. The molecule has 0 radical (unpaired) electrons. The zero-order valence-electron chi connectivity index (χ0n) is 10.1. The molecule has 18 heavy (non-hydrogen) atoms. The van der Waals surface area contributed by atoms with E-state index in [2.05, 4.69) is 10.3 Å². The lowest BCUT2D eigenvalue weighted by Crippen LogP contribution is -2.42. The van der Waals surface area contributed by atoms with Crippen molar-refractivity contribution in [3.63, 3.8) is 0 Å². The number of nitrogens with two attached hydrogens (primary N) is 2. The van der Waals surface area contributed by atoms with Crippen LogP contribution >= 0.6 is 11.8 Å². The Morgan fingerprint density at radius 1 is 1.67 bits per heavy atom. The van der Waals surface area contributed by atoms with Gasteiger partial charge >= 0.3 is 0 Å². The maximum atomic E-state index is 11.8. The number of nitriles is 1. The summed E-state index contributed by atoms with van der Waals surface area (Å²) in [5.74, 6) is 1.82. The van der Waals surface area contributed by atoms with Crippen LogP contribution in [0.5, 0.6) is 0 Å². The van der Waals surface area contributed by atoms with Gasteiger partial charge < -0.3 is 16.4 Å². The first-order chi connectivity index (χ1) is 8.65. The molecule has 100 valence electrons. The summed E-state index contributed by atoms with van der Waals surface area (Å²) in [7, 11) is 0. The van der Waals surface area contributed by atoms with Crippen LogP contribution in [-0.4, -0.2) is 47.5 Å². The third-order valence-corrected chi connectivity index (χ3v) is 3.49. The molecule has 1 aliphatic rings. The second-order valence-electron chi connectivity index (χ2n) is 3.89. The minimum Gasteiger partial charge on any atom is -0.369 e. The van der Waals surface area contributed by atoms with Crippen molar-refractivity contribution in [2.75, 3.05) is 24.7 Å². The zero-order chi connectivity index (χ0) is 13.4. The molecule has 1 atom stereocenters. The Morgan fingerprint density at radius 3 is 3.06 bits per heavy atom. The monoisotopic (exact) mass is 270 g/mol. The van der Waals surface area contributed by atoms with Crippen LogP contribution < -0.4 is 16.8 Å². The van der Waals surface area contributed by atoms with Crippen molar-refractivity contribution >= 4 is 23.6 Å². The third-order valence-electron chi connectivity index (χ3n) is 2.52. The normalized spacial score (nSPS) is 17.3. The number of hydrogen-bond donors (Lipinski definition) is 3. The van der Waals surface area contributed by atoms with Gasteiger partial charge in [0.05, 0.1) is 11.9 Å². The first-order valence-corrected chi connectivity index (χ1v) is 6.87. The molecule has 1 aliphatic heterocycles. The first kappa shape index (κ1) is 14.6. The minimum absolute atomic E-state index is 0.00658. The predicted molar refractivity (Wildman–Crippen MR) is 71.5 cm³/mol. The van der Waals surface area contributed by atoms with E-state index in [1.54, 1.807) is 22.9 Å². The van der Waals surface area contributed by atoms with Gasteiger partial charge in [-0.3, -0.25) is 15.1 Å². The smallest absolute Gasteiger partial charge is 0.240 e. The number of hydrogen-bond acceptors (Lipinski definition) is 5. The first-order valence-electron chi connectivity index (χ1n) is 5.72. The Morgan fingerprint density at radius 2 is 2.44 bits per heavy atom. The van der Waals surface area contributed by atoms with Crippen molar-refractivity contribution < 1.29 is 4.79 Å². The summed E-state index contributed by atoms with van der Waals surface area (Å²) in [6, 6.07) is -0.468. The maximum Gasteiger partial charge on any atom is 0.240 e. The van der Waals surface area contributed by atoms with Crippen LogP contribution in [0.4, 0.5) is 0 Å². The molecule has 1 rings (SSSR count). The number of rotatable bonds is 5. The van der Waals surface area contributed by atoms with Gasteiger partial charge in [-0.05, 0) is 12.8 Å². The molecule has 1 heterocycles. The lowest BCUT2D eigenvalue weighted by molar-refractivity contribution is -0.131. The van der Waals surface area contributed by atoms with Crippen LogP contribution in [0.1, 0.15) is 12.8 Å². The van der Waals surface area contributed by atoms with E-state index in [0.717, 1.165) is 18.2 Å². The summed E-state index contributed by atoms with van der Waals surface area (Å²) < 4.78 is 0. The van der Waals surface area contributed by atoms with Crippen molar-refractivity contribution in [1.82, 2.24) is 10.2 Å². The molecule has 0 saturated carbocycles. The highest BCUT2D eigenvalue weighted by atomic mass is 32.2. The van der Waals surface area contributed by atoms with E-state index < -0.39 is 6.04 Å². The largest absolute Gasteiger partial charge is 0.369 e. The van der Waals surface area contributed by atoms with Gasteiger partial charge in [-0.2, -0.15) is 5.26 Å². The van der Waals surface area contributed by atoms with Gasteiger partial charge in [-0.15, -0.1) is 11.8 Å². The molecular weight excluding hydrogens is 252 g/mol. The van der Waals surface area contributed by atoms with Crippen molar-refractivity contribution in [2.45, 2.75) is 18.9 Å². The quantitative estimate of drug-likeness (QED) is 0.194. The number of carbonyl (C=O) groups is 1. The van der Waals surface area contributed by atoms with E-state index in [0.29, 0.717) is 19.4 Å². The summed E-state index contributed by atoms with van der Waals surface area (Å²) in [6.45, 7) is 1.24.